The summed E-state index contributed by atoms with van der Waals surface area (Å²) >= 11 is 2.76. The molecule has 0 heterocycles. The molecule has 0 aliphatic carbocycles. The van der Waals surface area contributed by atoms with Gasteiger partial charge in [-0.15, -0.1) is 0 Å². The molecule has 0 aromatic rings. The van der Waals surface area contributed by atoms with Crippen LogP contribution < -0.4 is 0 Å². The Morgan fingerprint density at radius 3 is 1.86 bits per heavy atom. The topological polar surface area (TPSA) is 12.4 Å². The van der Waals surface area contributed by atoms with Crippen LogP contribution in [0.15, 0.2) is 3.95 Å². The number of hydrogen-bond acceptors (Lipinski definition) is 2. The van der Waals surface area contributed by atoms with Gasteiger partial charge in [0.1, 0.15) is 0 Å². The SMILES string of the molecule is [CH3][Ge]([CH3])([CH3])[N]=C=S. The minimum absolute atomic E-state index is 1.67. The molecular formula is C4H9GeNS. The van der Waals surface area contributed by atoms with Gasteiger partial charge in [-0.3, -0.25) is 0 Å². The molecule has 0 unspecified atom stereocenters. The zero-order valence-corrected chi connectivity index (χ0v) is 7.77. The molecule has 0 N–H and O–H groups in total. The van der Waals surface area contributed by atoms with Crippen LogP contribution in [0.2, 0.25) is 17.3 Å². The minimum atomic E-state index is -1.67. The van der Waals surface area contributed by atoms with Gasteiger partial charge in [-0.05, 0) is 0 Å². The zero-order chi connectivity index (χ0) is 5.91. The van der Waals surface area contributed by atoms with Gasteiger partial charge in [0, 0.05) is 0 Å². The summed E-state index contributed by atoms with van der Waals surface area (Å²) in [4.78, 5) is 0. The molecule has 0 aliphatic heterocycles. The van der Waals surface area contributed by atoms with Crippen LogP contribution in [0.25, 0.3) is 0 Å². The third kappa shape index (κ3) is 6.34. The molecule has 0 spiro atoms. The van der Waals surface area contributed by atoms with Gasteiger partial charge in [-0.2, -0.15) is 0 Å². The first-order valence-corrected chi connectivity index (χ1v) is 9.79. The van der Waals surface area contributed by atoms with Gasteiger partial charge in [0.05, 0.1) is 0 Å². The summed E-state index contributed by atoms with van der Waals surface area (Å²) in [5, 5.41) is 2.40. The van der Waals surface area contributed by atoms with E-state index in [4.69, 9.17) is 0 Å². The van der Waals surface area contributed by atoms with Crippen molar-refractivity contribution in [1.82, 2.24) is 0 Å². The Hall–Kier alpha value is 0.343. The van der Waals surface area contributed by atoms with Gasteiger partial charge in [-0.1, -0.05) is 0 Å². The Labute approximate surface area is 52.4 Å². The molecule has 0 saturated heterocycles. The number of rotatable bonds is 1. The second kappa shape index (κ2) is 2.60. The predicted octanol–water partition coefficient (Wildman–Crippen LogP) is 1.92. The van der Waals surface area contributed by atoms with Crippen molar-refractivity contribution < 1.29 is 0 Å². The molecule has 0 rings (SSSR count). The first-order chi connectivity index (χ1) is 3.06. The van der Waals surface area contributed by atoms with Gasteiger partial charge in [-0.25, -0.2) is 0 Å². The second-order valence-electron chi connectivity index (χ2n) is 2.37. The fraction of sp³-hybridized carbons (Fsp3) is 0.750. The fourth-order valence-corrected chi connectivity index (χ4v) is 2.13. The quantitative estimate of drug-likeness (QED) is 0.337. The van der Waals surface area contributed by atoms with E-state index in [0.717, 1.165) is 0 Å². The van der Waals surface area contributed by atoms with E-state index >= 15 is 0 Å². The van der Waals surface area contributed by atoms with Gasteiger partial charge in [0.2, 0.25) is 0 Å². The Balaban J connectivity index is 3.80. The predicted molar refractivity (Wildman–Crippen MR) is 38.4 cm³/mol. The summed E-state index contributed by atoms with van der Waals surface area (Å²) in [7, 11) is 0. The average molecular weight is 176 g/mol. The monoisotopic (exact) mass is 177 g/mol. The van der Waals surface area contributed by atoms with E-state index in [1.807, 2.05) is 0 Å². The van der Waals surface area contributed by atoms with E-state index < -0.39 is 13.5 Å². The van der Waals surface area contributed by atoms with Crippen molar-refractivity contribution in [3.63, 3.8) is 0 Å². The molecular weight excluding hydrogens is 167 g/mol. The van der Waals surface area contributed by atoms with Gasteiger partial charge in [0.15, 0.2) is 0 Å². The molecule has 0 amide bonds. The number of nitrogens with zero attached hydrogens (tertiary/aromatic N) is 1. The molecule has 40 valence electrons. The maximum atomic E-state index is 4.43. The van der Waals surface area contributed by atoms with E-state index in [0.29, 0.717) is 0 Å². The molecule has 0 fully saturated rings. The van der Waals surface area contributed by atoms with Crippen LogP contribution in [0.3, 0.4) is 0 Å². The van der Waals surface area contributed by atoms with Crippen molar-refractivity contribution in [1.29, 1.82) is 0 Å². The Kier molecular flexibility index (Phi) is 2.73. The molecule has 0 radical (unpaired) electrons. The zero-order valence-electron chi connectivity index (χ0n) is 4.86. The molecule has 7 heavy (non-hydrogen) atoms. The summed E-state index contributed by atoms with van der Waals surface area (Å²) in [6.45, 7) is 0. The molecule has 0 atom stereocenters. The number of thiocarbonyl (C=S) groups is 1. The summed E-state index contributed by atoms with van der Waals surface area (Å²) in [5.74, 6) is 6.50. The van der Waals surface area contributed by atoms with Crippen molar-refractivity contribution in [2.24, 2.45) is 3.95 Å². The van der Waals surface area contributed by atoms with Crippen LogP contribution in [0, 0.1) is 0 Å². The number of isothiocyanates is 1. The average Bonchev–Trinajstić information content (AvgIpc) is 1.30. The van der Waals surface area contributed by atoms with Crippen molar-refractivity contribution >= 4 is 30.9 Å². The van der Waals surface area contributed by atoms with Crippen molar-refractivity contribution in [3.8, 4) is 0 Å². The van der Waals surface area contributed by atoms with Crippen molar-refractivity contribution in [2.75, 3.05) is 0 Å². The molecule has 1 nitrogen and oxygen atoms in total. The first-order valence-electron chi connectivity index (χ1n) is 2.15. The summed E-state index contributed by atoms with van der Waals surface area (Å²) in [5.41, 5.74) is 0. The van der Waals surface area contributed by atoms with E-state index in [-0.39, 0.29) is 0 Å². The molecule has 0 saturated carbocycles. The third-order valence-corrected chi connectivity index (χ3v) is 2.45. The Morgan fingerprint density at radius 1 is 1.43 bits per heavy atom. The summed E-state index contributed by atoms with van der Waals surface area (Å²) < 4.78 is 4.01. The molecule has 3 heteroatoms. The first kappa shape index (κ1) is 7.34. The Morgan fingerprint density at radius 2 is 1.86 bits per heavy atom. The normalized spacial score (nSPS) is 10.1. The van der Waals surface area contributed by atoms with E-state index in [9.17, 15) is 0 Å². The van der Waals surface area contributed by atoms with Crippen LogP contribution >= 0.6 is 12.2 Å². The fourth-order valence-electron chi connectivity index (χ4n) is 0.137. The van der Waals surface area contributed by atoms with E-state index in [1.165, 1.54) is 0 Å². The molecule has 0 bridgehead atoms. The van der Waals surface area contributed by atoms with Crippen molar-refractivity contribution in [3.05, 3.63) is 0 Å². The molecule has 0 aromatic heterocycles. The Bertz CT molecular complexity index is 98.7. The van der Waals surface area contributed by atoms with Gasteiger partial charge in [0.25, 0.3) is 0 Å². The van der Waals surface area contributed by atoms with Gasteiger partial charge >= 0.3 is 52.1 Å². The van der Waals surface area contributed by atoms with Crippen LogP contribution in [-0.2, 0) is 0 Å². The summed E-state index contributed by atoms with van der Waals surface area (Å²) in [6, 6.07) is 0. The van der Waals surface area contributed by atoms with Crippen molar-refractivity contribution in [2.45, 2.75) is 17.3 Å². The second-order valence-corrected chi connectivity index (χ2v) is 12.1. The van der Waals surface area contributed by atoms with Crippen LogP contribution in [0.4, 0.5) is 0 Å². The van der Waals surface area contributed by atoms with E-state index in [1.54, 1.807) is 0 Å². The number of hydrogen-bond donors (Lipinski definition) is 0. The van der Waals surface area contributed by atoms with Crippen LogP contribution in [-0.4, -0.2) is 18.6 Å². The van der Waals surface area contributed by atoms with E-state index in [2.05, 4.69) is 38.6 Å². The third-order valence-electron chi connectivity index (χ3n) is 0.381. The van der Waals surface area contributed by atoms with Crippen LogP contribution in [0.1, 0.15) is 0 Å². The standard InChI is InChI=1S/C4H9GeNS/c1-5(2,3)6-4-7/h1-3H3. The molecule has 0 aromatic carbocycles. The van der Waals surface area contributed by atoms with Crippen LogP contribution in [0.5, 0.6) is 0 Å². The molecule has 0 aliphatic rings. The summed E-state index contributed by atoms with van der Waals surface area (Å²) in [6.07, 6.45) is 0. The maximum absolute atomic E-state index is 4.43. The van der Waals surface area contributed by atoms with Gasteiger partial charge < -0.3 is 0 Å².